The summed E-state index contributed by atoms with van der Waals surface area (Å²) >= 11 is 16.2. The molecule has 0 saturated heterocycles. The van der Waals surface area contributed by atoms with Crippen molar-refractivity contribution in [2.45, 2.75) is 55.4 Å². The van der Waals surface area contributed by atoms with Gasteiger partial charge in [0, 0.05) is 25.6 Å². The standard InChI is InChI=1S/C26H26BrCl2NO3/c27-26-12-16-6-17(13-26)11-25(10-16,15-26)14-22(31)33-23(18-4-2-1-3-5-18)24(32)30-21-8-19(28)7-20(29)9-21/h1-5,7-9,16-17,23H,6,10-15H2,(H,30,32)/t16-,17-,23+,25?,26?/m0/s1. The Hall–Kier alpha value is -1.56. The van der Waals surface area contributed by atoms with Crippen molar-refractivity contribution in [3.05, 3.63) is 64.1 Å². The van der Waals surface area contributed by atoms with Crippen molar-refractivity contribution in [1.29, 1.82) is 0 Å². The average molecular weight is 551 g/mol. The van der Waals surface area contributed by atoms with E-state index in [4.69, 9.17) is 27.9 Å². The molecule has 1 N–H and O–H groups in total. The second-order valence-corrected chi connectivity index (χ2v) is 12.8. The number of carbonyl (C=O) groups excluding carboxylic acids is 2. The van der Waals surface area contributed by atoms with E-state index in [1.54, 1.807) is 30.3 Å². The SMILES string of the molecule is O=C(CC12C[C@@H]3C[C@H](CC(Br)(C3)C1)C2)O[C@@H](C(=O)Nc1cc(Cl)cc(Cl)c1)c1ccccc1. The third-order valence-corrected chi connectivity index (χ3v) is 8.71. The minimum Gasteiger partial charge on any atom is -0.447 e. The van der Waals surface area contributed by atoms with Gasteiger partial charge < -0.3 is 10.1 Å². The van der Waals surface area contributed by atoms with E-state index in [0.29, 0.717) is 39.6 Å². The molecule has 33 heavy (non-hydrogen) atoms. The smallest absolute Gasteiger partial charge is 0.307 e. The van der Waals surface area contributed by atoms with E-state index in [1.807, 2.05) is 18.2 Å². The molecule has 4 nitrogen and oxygen atoms in total. The number of halogens is 3. The van der Waals surface area contributed by atoms with Gasteiger partial charge in [0.25, 0.3) is 5.91 Å². The van der Waals surface area contributed by atoms with Crippen LogP contribution in [0.5, 0.6) is 0 Å². The molecule has 7 heteroatoms. The van der Waals surface area contributed by atoms with E-state index in [0.717, 1.165) is 19.3 Å². The molecule has 0 radical (unpaired) electrons. The van der Waals surface area contributed by atoms with Crippen LogP contribution in [0.15, 0.2) is 48.5 Å². The Morgan fingerprint density at radius 1 is 1.03 bits per heavy atom. The molecule has 2 aromatic carbocycles. The van der Waals surface area contributed by atoms with Crippen molar-refractivity contribution < 1.29 is 14.3 Å². The van der Waals surface area contributed by atoms with Crippen LogP contribution in [0.1, 0.15) is 56.6 Å². The fourth-order valence-corrected chi connectivity index (χ4v) is 8.79. The minimum absolute atomic E-state index is 0.0249. The van der Waals surface area contributed by atoms with Crippen molar-refractivity contribution in [2.75, 3.05) is 5.32 Å². The van der Waals surface area contributed by atoms with Crippen LogP contribution in [0.2, 0.25) is 10.0 Å². The van der Waals surface area contributed by atoms with Gasteiger partial charge in [-0.3, -0.25) is 9.59 Å². The Labute approximate surface area is 212 Å². The van der Waals surface area contributed by atoms with Crippen LogP contribution in [0.3, 0.4) is 0 Å². The maximum Gasteiger partial charge on any atom is 0.307 e. The van der Waals surface area contributed by atoms with Crippen LogP contribution in [0.25, 0.3) is 0 Å². The van der Waals surface area contributed by atoms with E-state index in [1.165, 1.54) is 19.3 Å². The quantitative estimate of drug-likeness (QED) is 0.302. The predicted molar refractivity (Wildman–Crippen MR) is 134 cm³/mol. The van der Waals surface area contributed by atoms with Gasteiger partial charge in [-0.05, 0) is 74.0 Å². The Morgan fingerprint density at radius 3 is 2.27 bits per heavy atom. The summed E-state index contributed by atoms with van der Waals surface area (Å²) in [6, 6.07) is 13.9. The van der Waals surface area contributed by atoms with Crippen molar-refractivity contribution in [1.82, 2.24) is 0 Å². The van der Waals surface area contributed by atoms with Crippen molar-refractivity contribution in [3.8, 4) is 0 Å². The summed E-state index contributed by atoms with van der Waals surface area (Å²) in [4.78, 5) is 26.4. The second kappa shape index (κ2) is 8.90. The van der Waals surface area contributed by atoms with Crippen LogP contribution in [-0.2, 0) is 14.3 Å². The first-order valence-corrected chi connectivity index (χ1v) is 13.0. The number of esters is 1. The third-order valence-electron chi connectivity index (χ3n) is 7.35. The van der Waals surface area contributed by atoms with Gasteiger partial charge in [-0.15, -0.1) is 0 Å². The molecule has 174 valence electrons. The molecule has 0 spiro atoms. The minimum atomic E-state index is -1.05. The average Bonchev–Trinajstić information content (AvgIpc) is 2.69. The van der Waals surface area contributed by atoms with E-state index in [2.05, 4.69) is 21.2 Å². The molecule has 4 saturated carbocycles. The number of ether oxygens (including phenoxy) is 1. The number of rotatable bonds is 6. The normalized spacial score (nSPS) is 30.6. The lowest BCUT2D eigenvalue weighted by molar-refractivity contribution is -0.160. The lowest BCUT2D eigenvalue weighted by Gasteiger charge is -2.60. The van der Waals surface area contributed by atoms with Gasteiger partial charge in [-0.2, -0.15) is 0 Å². The lowest BCUT2D eigenvalue weighted by Crippen LogP contribution is -2.53. The topological polar surface area (TPSA) is 55.4 Å². The second-order valence-electron chi connectivity index (χ2n) is 10.2. The van der Waals surface area contributed by atoms with E-state index in [9.17, 15) is 9.59 Å². The highest BCUT2D eigenvalue weighted by Gasteiger charge is 2.57. The first-order valence-electron chi connectivity index (χ1n) is 11.4. The zero-order chi connectivity index (χ0) is 23.2. The monoisotopic (exact) mass is 549 g/mol. The molecule has 0 aromatic heterocycles. The van der Waals surface area contributed by atoms with E-state index >= 15 is 0 Å². The predicted octanol–water partition coefficient (Wildman–Crippen LogP) is 7.34. The number of hydrogen-bond acceptors (Lipinski definition) is 3. The number of nitrogens with one attached hydrogen (secondary N) is 1. The molecular formula is C26H26BrCl2NO3. The Kier molecular flexibility index (Phi) is 6.26. The van der Waals surface area contributed by atoms with Crippen LogP contribution < -0.4 is 5.32 Å². The molecule has 0 heterocycles. The molecule has 4 aliphatic rings. The first kappa shape index (κ1) is 23.2. The van der Waals surface area contributed by atoms with Crippen molar-refractivity contribution in [3.63, 3.8) is 0 Å². The summed E-state index contributed by atoms with van der Waals surface area (Å²) in [6.45, 7) is 0. The molecule has 4 bridgehead atoms. The third kappa shape index (κ3) is 5.11. The highest BCUT2D eigenvalue weighted by atomic mass is 79.9. The number of benzene rings is 2. The Balaban J connectivity index is 1.33. The van der Waals surface area contributed by atoms with Gasteiger partial charge in [-0.25, -0.2) is 0 Å². The maximum atomic E-state index is 13.2. The van der Waals surface area contributed by atoms with Crippen LogP contribution >= 0.6 is 39.1 Å². The van der Waals surface area contributed by atoms with E-state index < -0.39 is 12.0 Å². The summed E-state index contributed by atoms with van der Waals surface area (Å²) in [5.41, 5.74) is 1.05. The number of amides is 1. The van der Waals surface area contributed by atoms with Gasteiger partial charge in [-0.1, -0.05) is 69.5 Å². The number of alkyl halides is 1. The maximum absolute atomic E-state index is 13.2. The number of anilines is 1. The van der Waals surface area contributed by atoms with E-state index in [-0.39, 0.29) is 15.7 Å². The summed E-state index contributed by atoms with van der Waals surface area (Å²) in [5.74, 6) is 0.606. The molecule has 2 aromatic rings. The summed E-state index contributed by atoms with van der Waals surface area (Å²) in [6.07, 6.45) is 6.15. The van der Waals surface area contributed by atoms with Gasteiger partial charge in [0.2, 0.25) is 6.10 Å². The molecular weight excluding hydrogens is 525 g/mol. The largest absolute Gasteiger partial charge is 0.447 e. The summed E-state index contributed by atoms with van der Waals surface area (Å²) in [7, 11) is 0. The highest BCUT2D eigenvalue weighted by molar-refractivity contribution is 9.10. The molecule has 0 unspecified atom stereocenters. The molecule has 1 amide bonds. The van der Waals surface area contributed by atoms with Crippen LogP contribution in [0.4, 0.5) is 5.69 Å². The zero-order valence-electron chi connectivity index (χ0n) is 18.2. The fourth-order valence-electron chi connectivity index (χ4n) is 6.76. The highest BCUT2D eigenvalue weighted by Crippen LogP contribution is 2.65. The molecule has 3 atom stereocenters. The zero-order valence-corrected chi connectivity index (χ0v) is 21.3. The van der Waals surface area contributed by atoms with Crippen LogP contribution in [0, 0.1) is 17.3 Å². The van der Waals surface area contributed by atoms with Crippen molar-refractivity contribution >= 4 is 56.7 Å². The van der Waals surface area contributed by atoms with Gasteiger partial charge in [0.1, 0.15) is 0 Å². The summed E-state index contributed by atoms with van der Waals surface area (Å²) < 4.78 is 6.04. The number of carbonyl (C=O) groups is 2. The molecule has 4 aliphatic carbocycles. The van der Waals surface area contributed by atoms with Crippen LogP contribution in [-0.4, -0.2) is 16.2 Å². The lowest BCUT2D eigenvalue weighted by atomic mass is 9.49. The fraction of sp³-hybridized carbons (Fsp3) is 0.462. The van der Waals surface area contributed by atoms with Gasteiger partial charge in [0.05, 0.1) is 6.42 Å². The van der Waals surface area contributed by atoms with Crippen molar-refractivity contribution in [2.24, 2.45) is 17.3 Å². The van der Waals surface area contributed by atoms with Gasteiger partial charge in [0.15, 0.2) is 0 Å². The molecule has 6 rings (SSSR count). The van der Waals surface area contributed by atoms with Gasteiger partial charge >= 0.3 is 5.97 Å². The summed E-state index contributed by atoms with van der Waals surface area (Å²) in [5, 5.41) is 3.63. The Bertz CT molecular complexity index is 1040. The molecule has 4 fully saturated rings. The molecule has 0 aliphatic heterocycles. The number of hydrogen-bond donors (Lipinski definition) is 1. The Morgan fingerprint density at radius 2 is 1.67 bits per heavy atom. The first-order chi connectivity index (χ1) is 15.7.